The second-order valence-corrected chi connectivity index (χ2v) is 9.18. The molecule has 1 unspecified atom stereocenters. The molecule has 170 valence electrons. The normalized spacial score (nSPS) is 12.1. The Hall–Kier alpha value is -3.64. The Morgan fingerprint density at radius 2 is 1.79 bits per heavy atom. The number of halogens is 1. The molecule has 1 atom stereocenters. The smallest absolute Gasteiger partial charge is 0.291 e. The summed E-state index contributed by atoms with van der Waals surface area (Å²) >= 11 is 3.42. The molecular weight excluding hydrogens is 492 g/mol. The van der Waals surface area contributed by atoms with Crippen molar-refractivity contribution >= 4 is 38.6 Å². The molecule has 1 amide bonds. The zero-order valence-electron chi connectivity index (χ0n) is 18.8. The van der Waals surface area contributed by atoms with Crippen molar-refractivity contribution in [3.63, 3.8) is 0 Å². The van der Waals surface area contributed by atoms with Gasteiger partial charge >= 0.3 is 0 Å². The van der Waals surface area contributed by atoms with Crippen LogP contribution in [0.2, 0.25) is 0 Å². The van der Waals surface area contributed by atoms with Crippen LogP contribution in [0.25, 0.3) is 33.9 Å². The minimum Gasteiger partial charge on any atom is -0.451 e. The van der Waals surface area contributed by atoms with Crippen molar-refractivity contribution in [2.24, 2.45) is 0 Å². The summed E-state index contributed by atoms with van der Waals surface area (Å²) in [7, 11) is 0. The predicted molar refractivity (Wildman–Crippen MR) is 138 cm³/mol. The molecule has 0 aliphatic carbocycles. The topological polar surface area (TPSA) is 68.3 Å². The maximum atomic E-state index is 12.8. The van der Waals surface area contributed by atoms with Gasteiger partial charge in [0, 0.05) is 21.3 Å². The highest BCUT2D eigenvalue weighted by Crippen LogP contribution is 2.29. The molecule has 0 fully saturated rings. The highest BCUT2D eigenvalue weighted by atomic mass is 79.9. The van der Waals surface area contributed by atoms with E-state index < -0.39 is 0 Å². The lowest BCUT2D eigenvalue weighted by Gasteiger charge is -2.07. The molecule has 5 aromatic rings. The second kappa shape index (κ2) is 9.31. The number of fused-ring (bicyclic) bond motifs is 1. The molecule has 0 saturated carbocycles. The van der Waals surface area contributed by atoms with Crippen LogP contribution < -0.4 is 5.32 Å². The van der Waals surface area contributed by atoms with Gasteiger partial charge in [0.2, 0.25) is 5.89 Å². The van der Waals surface area contributed by atoms with Crippen LogP contribution in [0.4, 0.5) is 5.69 Å². The van der Waals surface area contributed by atoms with E-state index in [4.69, 9.17) is 8.83 Å². The van der Waals surface area contributed by atoms with E-state index in [9.17, 15) is 4.79 Å². The first-order valence-corrected chi connectivity index (χ1v) is 12.0. The molecule has 0 aliphatic heterocycles. The third-order valence-electron chi connectivity index (χ3n) is 5.92. The second-order valence-electron chi connectivity index (χ2n) is 8.26. The quantitative estimate of drug-likeness (QED) is 0.247. The minimum absolute atomic E-state index is 0.239. The van der Waals surface area contributed by atoms with Gasteiger partial charge in [-0.15, -0.1) is 0 Å². The molecule has 1 N–H and O–H groups in total. The fourth-order valence-electron chi connectivity index (χ4n) is 3.76. The van der Waals surface area contributed by atoms with Crippen LogP contribution in [-0.2, 0) is 0 Å². The Bertz CT molecular complexity index is 1470. The molecule has 2 aromatic heterocycles. The SMILES string of the molecule is CCC(C)c1ccc2oc(-c3cccc(NC(=O)c4ccc(-c5ccc(Br)cc5)o4)c3)nc2c1. The maximum Gasteiger partial charge on any atom is 0.291 e. The number of amides is 1. The molecule has 3 aromatic carbocycles. The first kappa shape index (κ1) is 22.2. The van der Waals surface area contributed by atoms with E-state index in [0.717, 1.165) is 33.1 Å². The molecule has 0 aliphatic rings. The Morgan fingerprint density at radius 3 is 2.59 bits per heavy atom. The largest absolute Gasteiger partial charge is 0.451 e. The number of carbonyl (C=O) groups excluding carboxylic acids is 1. The maximum absolute atomic E-state index is 12.8. The van der Waals surface area contributed by atoms with Crippen LogP contribution in [0.3, 0.4) is 0 Å². The summed E-state index contributed by atoms with van der Waals surface area (Å²) in [5.74, 6) is 1.53. The average Bonchev–Trinajstić information content (AvgIpc) is 3.51. The lowest BCUT2D eigenvalue weighted by molar-refractivity contribution is 0.0997. The summed E-state index contributed by atoms with van der Waals surface area (Å²) in [6.07, 6.45) is 1.07. The van der Waals surface area contributed by atoms with Crippen LogP contribution >= 0.6 is 15.9 Å². The Morgan fingerprint density at radius 1 is 0.971 bits per heavy atom. The van der Waals surface area contributed by atoms with Gasteiger partial charge in [-0.3, -0.25) is 4.79 Å². The summed E-state index contributed by atoms with van der Waals surface area (Å²) in [5.41, 5.74) is 5.14. The zero-order chi connectivity index (χ0) is 23.7. The van der Waals surface area contributed by atoms with Crippen molar-refractivity contribution in [1.82, 2.24) is 4.98 Å². The third-order valence-corrected chi connectivity index (χ3v) is 6.45. The van der Waals surface area contributed by atoms with Crippen LogP contribution in [0.5, 0.6) is 0 Å². The molecule has 6 heteroatoms. The monoisotopic (exact) mass is 514 g/mol. The van der Waals surface area contributed by atoms with Gasteiger partial charge in [-0.1, -0.05) is 54.0 Å². The van der Waals surface area contributed by atoms with Crippen LogP contribution in [0, 0.1) is 0 Å². The highest BCUT2D eigenvalue weighted by Gasteiger charge is 2.15. The first-order valence-electron chi connectivity index (χ1n) is 11.2. The summed E-state index contributed by atoms with van der Waals surface area (Å²) in [6, 6.07) is 24.8. The molecule has 0 saturated heterocycles. The highest BCUT2D eigenvalue weighted by molar-refractivity contribution is 9.10. The molecular formula is C28H23BrN2O3. The van der Waals surface area contributed by atoms with Gasteiger partial charge in [0.25, 0.3) is 5.91 Å². The molecule has 34 heavy (non-hydrogen) atoms. The Kier molecular flexibility index (Phi) is 6.07. The summed E-state index contributed by atoms with van der Waals surface area (Å²) in [5, 5.41) is 2.90. The van der Waals surface area contributed by atoms with Crippen LogP contribution in [0.15, 0.2) is 92.2 Å². The van der Waals surface area contributed by atoms with E-state index in [-0.39, 0.29) is 11.7 Å². The van der Waals surface area contributed by atoms with E-state index in [1.54, 1.807) is 12.1 Å². The summed E-state index contributed by atoms with van der Waals surface area (Å²) < 4.78 is 12.7. The number of carbonyl (C=O) groups is 1. The number of hydrogen-bond acceptors (Lipinski definition) is 4. The number of anilines is 1. The van der Waals surface area contributed by atoms with Crippen LogP contribution in [-0.4, -0.2) is 10.9 Å². The number of nitrogens with zero attached hydrogens (tertiary/aromatic N) is 1. The van der Waals surface area contributed by atoms with Gasteiger partial charge in [-0.05, 0) is 72.5 Å². The number of aromatic nitrogens is 1. The van der Waals surface area contributed by atoms with Crippen molar-refractivity contribution in [2.45, 2.75) is 26.2 Å². The predicted octanol–water partition coefficient (Wildman–Crippen LogP) is 8.28. The fraction of sp³-hybridized carbons (Fsp3) is 0.143. The number of benzene rings is 3. The number of nitrogens with one attached hydrogen (secondary N) is 1. The molecule has 0 radical (unpaired) electrons. The average molecular weight is 515 g/mol. The van der Waals surface area contributed by atoms with Crippen molar-refractivity contribution in [2.75, 3.05) is 5.32 Å². The van der Waals surface area contributed by atoms with Crippen molar-refractivity contribution in [3.8, 4) is 22.8 Å². The van der Waals surface area contributed by atoms with Gasteiger partial charge in [0.1, 0.15) is 11.3 Å². The molecule has 0 bridgehead atoms. The van der Waals surface area contributed by atoms with E-state index in [1.165, 1.54) is 5.56 Å². The molecule has 0 spiro atoms. The zero-order valence-corrected chi connectivity index (χ0v) is 20.4. The van der Waals surface area contributed by atoms with E-state index in [0.29, 0.717) is 23.3 Å². The van der Waals surface area contributed by atoms with Crippen molar-refractivity contribution in [1.29, 1.82) is 0 Å². The van der Waals surface area contributed by atoms with Gasteiger partial charge in [0.15, 0.2) is 11.3 Å². The number of hydrogen-bond donors (Lipinski definition) is 1. The van der Waals surface area contributed by atoms with Crippen molar-refractivity contribution in [3.05, 3.63) is 94.7 Å². The number of rotatable bonds is 6. The summed E-state index contributed by atoms with van der Waals surface area (Å²) in [4.78, 5) is 17.5. The molecule has 2 heterocycles. The number of oxazole rings is 1. The standard InChI is InChI=1S/C28H23BrN2O3/c1-3-17(2)19-9-12-25-23(16-19)31-28(34-25)20-5-4-6-22(15-20)30-27(32)26-14-13-24(33-26)18-7-10-21(29)11-8-18/h4-17H,3H2,1-2H3,(H,30,32). The Balaban J connectivity index is 1.35. The van der Waals surface area contributed by atoms with Gasteiger partial charge < -0.3 is 14.2 Å². The Labute approximate surface area is 205 Å². The van der Waals surface area contributed by atoms with Crippen LogP contribution in [0.1, 0.15) is 42.3 Å². The number of furan rings is 1. The van der Waals surface area contributed by atoms with Crippen molar-refractivity contribution < 1.29 is 13.6 Å². The van der Waals surface area contributed by atoms with E-state index in [1.807, 2.05) is 54.6 Å². The van der Waals surface area contributed by atoms with Gasteiger partial charge in [-0.2, -0.15) is 0 Å². The van der Waals surface area contributed by atoms with Gasteiger partial charge in [-0.25, -0.2) is 4.98 Å². The van der Waals surface area contributed by atoms with E-state index in [2.05, 4.69) is 52.2 Å². The first-order chi connectivity index (χ1) is 16.5. The third kappa shape index (κ3) is 4.54. The van der Waals surface area contributed by atoms with E-state index >= 15 is 0 Å². The lowest BCUT2D eigenvalue weighted by Crippen LogP contribution is -2.10. The summed E-state index contributed by atoms with van der Waals surface area (Å²) in [6.45, 7) is 4.38. The molecule has 5 rings (SSSR count). The van der Waals surface area contributed by atoms with Gasteiger partial charge in [0.05, 0.1) is 0 Å². The minimum atomic E-state index is -0.323. The fourth-order valence-corrected chi connectivity index (χ4v) is 4.03. The molecule has 5 nitrogen and oxygen atoms in total. The lowest BCUT2D eigenvalue weighted by atomic mass is 9.98.